The van der Waals surface area contributed by atoms with Gasteiger partial charge in [0.1, 0.15) is 0 Å². The van der Waals surface area contributed by atoms with Gasteiger partial charge in [0.2, 0.25) is 0 Å². The number of carbonyl (C=O) groups is 2. The van der Waals surface area contributed by atoms with E-state index in [4.69, 9.17) is 0 Å². The van der Waals surface area contributed by atoms with Crippen molar-refractivity contribution in [1.29, 1.82) is 0 Å². The van der Waals surface area contributed by atoms with Crippen molar-refractivity contribution < 1.29 is 9.59 Å². The summed E-state index contributed by atoms with van der Waals surface area (Å²) in [5, 5.41) is 9.43. The molecule has 0 radical (unpaired) electrons. The number of benzene rings is 1. The zero-order valence-electron chi connectivity index (χ0n) is 13.4. The molecule has 0 spiro atoms. The molecule has 7 heteroatoms. The van der Waals surface area contributed by atoms with Crippen LogP contribution in [0.4, 0.5) is 15.5 Å². The van der Waals surface area contributed by atoms with Crippen LogP contribution in [0.5, 0.6) is 0 Å². The van der Waals surface area contributed by atoms with Crippen LogP contribution in [0.2, 0.25) is 0 Å². The Balaban J connectivity index is 1.60. The van der Waals surface area contributed by atoms with E-state index in [1.807, 2.05) is 42.2 Å². The first-order valence-electron chi connectivity index (χ1n) is 7.88. The second-order valence-corrected chi connectivity index (χ2v) is 6.74. The first-order chi connectivity index (χ1) is 11.6. The summed E-state index contributed by atoms with van der Waals surface area (Å²) in [6.07, 6.45) is 0. The predicted octanol–water partition coefficient (Wildman–Crippen LogP) is 2.83. The molecule has 24 heavy (non-hydrogen) atoms. The number of urea groups is 1. The molecule has 2 aromatic rings. The topological polar surface area (TPSA) is 73.5 Å². The molecular weight excluding hydrogens is 324 g/mol. The number of piperazine rings is 1. The van der Waals surface area contributed by atoms with Crippen LogP contribution in [0.25, 0.3) is 0 Å². The van der Waals surface area contributed by atoms with Gasteiger partial charge in [0, 0.05) is 31.4 Å². The molecule has 0 unspecified atom stereocenters. The normalized spacial score (nSPS) is 17.4. The number of hydrogen-bond acceptors (Lipinski definition) is 4. The monoisotopic (exact) mass is 344 g/mol. The lowest BCUT2D eigenvalue weighted by Gasteiger charge is -2.33. The van der Waals surface area contributed by atoms with E-state index < -0.39 is 0 Å². The average Bonchev–Trinajstić information content (AvgIpc) is 3.04. The van der Waals surface area contributed by atoms with Crippen LogP contribution < -0.4 is 16.0 Å². The van der Waals surface area contributed by atoms with E-state index in [0.717, 1.165) is 18.8 Å². The van der Waals surface area contributed by atoms with Gasteiger partial charge in [-0.15, -0.1) is 11.3 Å². The van der Waals surface area contributed by atoms with Gasteiger partial charge < -0.3 is 15.5 Å². The molecule has 3 N–H and O–H groups in total. The van der Waals surface area contributed by atoms with Crippen molar-refractivity contribution in [2.24, 2.45) is 0 Å². The molecule has 3 rings (SSSR count). The van der Waals surface area contributed by atoms with E-state index in [-0.39, 0.29) is 18.0 Å². The van der Waals surface area contributed by atoms with Gasteiger partial charge in [0.15, 0.2) is 0 Å². The van der Waals surface area contributed by atoms with Gasteiger partial charge in [-0.3, -0.25) is 10.1 Å². The summed E-state index contributed by atoms with van der Waals surface area (Å²) in [5.74, 6) is 0.0190. The van der Waals surface area contributed by atoms with Gasteiger partial charge in [-0.1, -0.05) is 18.2 Å². The Hall–Kier alpha value is -2.38. The van der Waals surface area contributed by atoms with Gasteiger partial charge in [0.05, 0.1) is 9.88 Å². The van der Waals surface area contributed by atoms with E-state index in [2.05, 4.69) is 16.0 Å². The second kappa shape index (κ2) is 7.46. The van der Waals surface area contributed by atoms with Crippen LogP contribution in [0.3, 0.4) is 0 Å². The fraction of sp³-hybridized carbons (Fsp3) is 0.294. The summed E-state index contributed by atoms with van der Waals surface area (Å²) in [5.41, 5.74) is 0.720. The number of nitrogens with one attached hydrogen (secondary N) is 3. The highest BCUT2D eigenvalue weighted by Gasteiger charge is 2.25. The van der Waals surface area contributed by atoms with Gasteiger partial charge in [-0.25, -0.2) is 4.79 Å². The first kappa shape index (κ1) is 16.5. The van der Waals surface area contributed by atoms with Crippen molar-refractivity contribution in [1.82, 2.24) is 10.2 Å². The Labute approximate surface area is 144 Å². The molecule has 1 aliphatic rings. The van der Waals surface area contributed by atoms with Gasteiger partial charge in [-0.2, -0.15) is 0 Å². The predicted molar refractivity (Wildman–Crippen MR) is 96.8 cm³/mol. The molecule has 1 saturated heterocycles. The highest BCUT2D eigenvalue weighted by atomic mass is 32.1. The summed E-state index contributed by atoms with van der Waals surface area (Å²) >= 11 is 1.29. The maximum absolute atomic E-state index is 12.6. The Morgan fingerprint density at radius 3 is 2.71 bits per heavy atom. The lowest BCUT2D eigenvalue weighted by atomic mass is 10.2. The summed E-state index contributed by atoms with van der Waals surface area (Å²) in [6.45, 7) is 4.35. The molecule has 0 bridgehead atoms. The number of hydrogen-bond donors (Lipinski definition) is 3. The molecule has 1 aliphatic heterocycles. The Morgan fingerprint density at radius 1 is 1.17 bits per heavy atom. The summed E-state index contributed by atoms with van der Waals surface area (Å²) in [4.78, 5) is 27.1. The smallest absolute Gasteiger partial charge is 0.324 e. The highest BCUT2D eigenvalue weighted by molar-refractivity contribution is 7.18. The molecule has 0 saturated carbocycles. The van der Waals surface area contributed by atoms with Crippen molar-refractivity contribution in [2.45, 2.75) is 13.0 Å². The third-order valence-corrected chi connectivity index (χ3v) is 4.84. The molecule has 3 amide bonds. The maximum atomic E-state index is 12.6. The number of thiophene rings is 1. The fourth-order valence-electron chi connectivity index (χ4n) is 2.60. The third-order valence-electron chi connectivity index (χ3n) is 3.85. The van der Waals surface area contributed by atoms with Crippen LogP contribution in [-0.2, 0) is 0 Å². The van der Waals surface area contributed by atoms with Crippen molar-refractivity contribution in [3.63, 3.8) is 0 Å². The molecule has 1 aromatic carbocycles. The highest BCUT2D eigenvalue weighted by Crippen LogP contribution is 2.24. The molecule has 126 valence electrons. The second-order valence-electron chi connectivity index (χ2n) is 5.66. The van der Waals surface area contributed by atoms with Crippen molar-refractivity contribution >= 4 is 34.0 Å². The Bertz CT molecular complexity index is 716. The molecule has 1 aromatic heterocycles. The standard InChI is InChI=1S/C17H20N4O2S/c1-12-11-18-9-10-21(12)16(22)14-7-8-15(24-14)20-17(23)19-13-5-3-2-4-6-13/h2-8,12,18H,9-11H2,1H3,(H2,19,20,23)/t12-/m1/s1. The molecule has 1 atom stereocenters. The SMILES string of the molecule is C[C@@H]1CNCCN1C(=O)c1ccc(NC(=O)Nc2ccccc2)s1. The summed E-state index contributed by atoms with van der Waals surface area (Å²) in [7, 11) is 0. The average molecular weight is 344 g/mol. The maximum Gasteiger partial charge on any atom is 0.324 e. The quantitative estimate of drug-likeness (QED) is 0.802. The largest absolute Gasteiger partial charge is 0.333 e. The van der Waals surface area contributed by atoms with Gasteiger partial charge in [-0.05, 0) is 31.2 Å². The van der Waals surface area contributed by atoms with Crippen molar-refractivity contribution in [3.8, 4) is 0 Å². The molecule has 6 nitrogen and oxygen atoms in total. The summed E-state index contributed by atoms with van der Waals surface area (Å²) in [6, 6.07) is 12.6. The van der Waals surface area contributed by atoms with Gasteiger partial charge in [0.25, 0.3) is 5.91 Å². The van der Waals surface area contributed by atoms with E-state index in [1.165, 1.54) is 11.3 Å². The molecule has 0 aliphatic carbocycles. The Morgan fingerprint density at radius 2 is 1.96 bits per heavy atom. The third kappa shape index (κ3) is 3.93. The van der Waals surface area contributed by atoms with Crippen LogP contribution in [0.15, 0.2) is 42.5 Å². The number of carbonyl (C=O) groups excluding carboxylic acids is 2. The molecular formula is C17H20N4O2S. The van der Waals surface area contributed by atoms with Crippen LogP contribution in [0, 0.1) is 0 Å². The minimum absolute atomic E-state index is 0.0190. The zero-order chi connectivity index (χ0) is 16.9. The lowest BCUT2D eigenvalue weighted by Crippen LogP contribution is -2.52. The fourth-order valence-corrected chi connectivity index (χ4v) is 3.46. The zero-order valence-corrected chi connectivity index (χ0v) is 14.2. The van der Waals surface area contributed by atoms with Crippen LogP contribution in [0.1, 0.15) is 16.6 Å². The number of nitrogens with zero attached hydrogens (tertiary/aromatic N) is 1. The number of anilines is 2. The van der Waals surface area contributed by atoms with Crippen molar-refractivity contribution in [3.05, 3.63) is 47.3 Å². The van der Waals surface area contributed by atoms with Crippen molar-refractivity contribution in [2.75, 3.05) is 30.3 Å². The minimum atomic E-state index is -0.322. The van der Waals surface area contributed by atoms with E-state index in [9.17, 15) is 9.59 Å². The lowest BCUT2D eigenvalue weighted by molar-refractivity contribution is 0.0661. The minimum Gasteiger partial charge on any atom is -0.333 e. The van der Waals surface area contributed by atoms with E-state index >= 15 is 0 Å². The number of para-hydroxylation sites is 1. The number of rotatable bonds is 3. The van der Waals surface area contributed by atoms with E-state index in [0.29, 0.717) is 16.4 Å². The summed E-state index contributed by atoms with van der Waals surface area (Å²) < 4.78 is 0. The molecule has 1 fully saturated rings. The van der Waals surface area contributed by atoms with Gasteiger partial charge >= 0.3 is 6.03 Å². The number of amides is 3. The van der Waals surface area contributed by atoms with Crippen LogP contribution >= 0.6 is 11.3 Å². The van der Waals surface area contributed by atoms with Crippen LogP contribution in [-0.4, -0.2) is 42.5 Å². The molecule has 2 heterocycles. The van der Waals surface area contributed by atoms with E-state index in [1.54, 1.807) is 12.1 Å². The Kier molecular flexibility index (Phi) is 5.12. The first-order valence-corrected chi connectivity index (χ1v) is 8.70.